The smallest absolute Gasteiger partial charge is 0.224 e. The van der Waals surface area contributed by atoms with Gasteiger partial charge in [-0.3, -0.25) is 9.69 Å². The molecule has 0 aliphatic heterocycles. The molecule has 0 saturated heterocycles. The summed E-state index contributed by atoms with van der Waals surface area (Å²) in [5.41, 5.74) is 7.87. The van der Waals surface area contributed by atoms with E-state index in [0.717, 1.165) is 29.1 Å². The highest BCUT2D eigenvalue weighted by Crippen LogP contribution is 2.38. The SMILES string of the molecule is CC(=O)N(c1scc(C)c1N)C1CCCC1. The van der Waals surface area contributed by atoms with Gasteiger partial charge >= 0.3 is 0 Å². The van der Waals surface area contributed by atoms with Gasteiger partial charge < -0.3 is 5.73 Å². The Bertz CT molecular complexity index is 394. The summed E-state index contributed by atoms with van der Waals surface area (Å²) in [6.45, 7) is 3.62. The summed E-state index contributed by atoms with van der Waals surface area (Å²) in [6.07, 6.45) is 4.66. The molecule has 0 unspecified atom stereocenters. The van der Waals surface area contributed by atoms with Gasteiger partial charge in [0.25, 0.3) is 0 Å². The summed E-state index contributed by atoms with van der Waals surface area (Å²) < 4.78 is 0. The second kappa shape index (κ2) is 4.45. The maximum absolute atomic E-state index is 11.8. The van der Waals surface area contributed by atoms with Crippen LogP contribution in [0, 0.1) is 6.92 Å². The highest BCUT2D eigenvalue weighted by molar-refractivity contribution is 7.15. The average Bonchev–Trinajstić information content (AvgIpc) is 2.83. The van der Waals surface area contributed by atoms with Crippen molar-refractivity contribution in [1.29, 1.82) is 0 Å². The minimum absolute atomic E-state index is 0.112. The Hall–Kier alpha value is -1.03. The van der Waals surface area contributed by atoms with Crippen molar-refractivity contribution in [3.63, 3.8) is 0 Å². The molecule has 0 atom stereocenters. The molecule has 0 radical (unpaired) electrons. The van der Waals surface area contributed by atoms with Gasteiger partial charge in [-0.2, -0.15) is 0 Å². The van der Waals surface area contributed by atoms with E-state index < -0.39 is 0 Å². The van der Waals surface area contributed by atoms with Crippen molar-refractivity contribution in [2.24, 2.45) is 0 Å². The summed E-state index contributed by atoms with van der Waals surface area (Å²) in [5.74, 6) is 0.112. The van der Waals surface area contributed by atoms with Crippen LogP contribution >= 0.6 is 11.3 Å². The number of thiophene rings is 1. The zero-order chi connectivity index (χ0) is 11.7. The molecule has 0 spiro atoms. The molecule has 4 heteroatoms. The average molecular weight is 238 g/mol. The van der Waals surface area contributed by atoms with E-state index in [-0.39, 0.29) is 5.91 Å². The molecule has 16 heavy (non-hydrogen) atoms. The van der Waals surface area contributed by atoms with Crippen LogP contribution in [0.3, 0.4) is 0 Å². The number of anilines is 2. The number of hydrogen-bond acceptors (Lipinski definition) is 3. The van der Waals surface area contributed by atoms with Crippen LogP contribution < -0.4 is 10.6 Å². The molecule has 1 aromatic rings. The number of nitrogens with zero attached hydrogens (tertiary/aromatic N) is 1. The van der Waals surface area contributed by atoms with Gasteiger partial charge in [0, 0.05) is 13.0 Å². The van der Waals surface area contributed by atoms with Crippen LogP contribution in [-0.4, -0.2) is 11.9 Å². The number of nitrogen functional groups attached to an aromatic ring is 1. The van der Waals surface area contributed by atoms with Gasteiger partial charge in [-0.05, 0) is 30.7 Å². The third-order valence-electron chi connectivity index (χ3n) is 3.25. The molecule has 2 rings (SSSR count). The Morgan fingerprint density at radius 2 is 2.12 bits per heavy atom. The van der Waals surface area contributed by atoms with Crippen molar-refractivity contribution < 1.29 is 4.79 Å². The number of hydrogen-bond donors (Lipinski definition) is 1. The fourth-order valence-corrected chi connectivity index (χ4v) is 3.45. The van der Waals surface area contributed by atoms with Crippen LogP contribution in [0.25, 0.3) is 0 Å². The maximum Gasteiger partial charge on any atom is 0.224 e. The minimum Gasteiger partial charge on any atom is -0.396 e. The van der Waals surface area contributed by atoms with Crippen LogP contribution in [0.1, 0.15) is 38.2 Å². The molecule has 3 nitrogen and oxygen atoms in total. The summed E-state index contributed by atoms with van der Waals surface area (Å²) in [5, 5.41) is 2.96. The molecule has 1 aliphatic rings. The highest BCUT2D eigenvalue weighted by Gasteiger charge is 2.28. The number of rotatable bonds is 2. The first-order valence-corrected chi connectivity index (χ1v) is 6.62. The molecule has 1 amide bonds. The quantitative estimate of drug-likeness (QED) is 0.861. The Morgan fingerprint density at radius 1 is 1.50 bits per heavy atom. The van der Waals surface area contributed by atoms with Crippen molar-refractivity contribution in [3.05, 3.63) is 10.9 Å². The van der Waals surface area contributed by atoms with E-state index in [2.05, 4.69) is 0 Å². The third-order valence-corrected chi connectivity index (χ3v) is 4.36. The van der Waals surface area contributed by atoms with Gasteiger partial charge in [-0.1, -0.05) is 12.8 Å². The van der Waals surface area contributed by atoms with E-state index in [4.69, 9.17) is 5.73 Å². The van der Waals surface area contributed by atoms with Crippen LogP contribution in [0.2, 0.25) is 0 Å². The lowest BCUT2D eigenvalue weighted by Gasteiger charge is -2.27. The predicted molar refractivity (Wildman–Crippen MR) is 68.9 cm³/mol. The lowest BCUT2D eigenvalue weighted by Crippen LogP contribution is -2.37. The Kier molecular flexibility index (Phi) is 3.19. The first kappa shape index (κ1) is 11.5. The molecular formula is C12H18N2OS. The molecule has 1 heterocycles. The minimum atomic E-state index is 0.112. The second-order valence-corrected chi connectivity index (χ2v) is 5.32. The predicted octanol–water partition coefficient (Wildman–Crippen LogP) is 2.93. The van der Waals surface area contributed by atoms with E-state index in [9.17, 15) is 4.79 Å². The first-order valence-electron chi connectivity index (χ1n) is 5.74. The number of aryl methyl sites for hydroxylation is 1. The molecule has 88 valence electrons. The normalized spacial score (nSPS) is 16.6. The van der Waals surface area contributed by atoms with E-state index in [0.29, 0.717) is 6.04 Å². The fraction of sp³-hybridized carbons (Fsp3) is 0.583. The van der Waals surface area contributed by atoms with E-state index in [1.165, 1.54) is 12.8 Å². The number of carbonyl (C=O) groups is 1. The number of amides is 1. The van der Waals surface area contributed by atoms with Gasteiger partial charge in [0.2, 0.25) is 5.91 Å². The number of nitrogens with two attached hydrogens (primary N) is 1. The molecule has 0 bridgehead atoms. The lowest BCUT2D eigenvalue weighted by molar-refractivity contribution is -0.117. The van der Waals surface area contributed by atoms with Gasteiger partial charge in [-0.25, -0.2) is 0 Å². The largest absolute Gasteiger partial charge is 0.396 e. The molecule has 1 fully saturated rings. The molecule has 0 aromatic carbocycles. The van der Waals surface area contributed by atoms with Crippen LogP contribution in [0.4, 0.5) is 10.7 Å². The molecule has 1 saturated carbocycles. The lowest BCUT2D eigenvalue weighted by atomic mass is 10.2. The van der Waals surface area contributed by atoms with E-state index >= 15 is 0 Å². The maximum atomic E-state index is 11.8. The van der Waals surface area contributed by atoms with Crippen LogP contribution in [-0.2, 0) is 4.79 Å². The van der Waals surface area contributed by atoms with Crippen LogP contribution in [0.15, 0.2) is 5.38 Å². The van der Waals surface area contributed by atoms with Gasteiger partial charge in [0.15, 0.2) is 0 Å². The first-order chi connectivity index (χ1) is 7.61. The standard InChI is InChI=1S/C12H18N2OS/c1-8-7-16-12(11(8)13)14(9(2)15)10-5-3-4-6-10/h7,10H,3-6,13H2,1-2H3. The summed E-state index contributed by atoms with van der Waals surface area (Å²) in [6, 6.07) is 0.359. The molecule has 1 aromatic heterocycles. The van der Waals surface area contributed by atoms with E-state index in [1.54, 1.807) is 18.3 Å². The van der Waals surface area contributed by atoms with Crippen molar-refractivity contribution in [2.75, 3.05) is 10.6 Å². The Morgan fingerprint density at radius 3 is 2.56 bits per heavy atom. The zero-order valence-electron chi connectivity index (χ0n) is 9.82. The van der Waals surface area contributed by atoms with Gasteiger partial charge in [-0.15, -0.1) is 11.3 Å². The topological polar surface area (TPSA) is 46.3 Å². The van der Waals surface area contributed by atoms with Crippen LogP contribution in [0.5, 0.6) is 0 Å². The van der Waals surface area contributed by atoms with Crippen molar-refractivity contribution in [2.45, 2.75) is 45.6 Å². The Balaban J connectivity index is 2.32. The summed E-state index contributed by atoms with van der Waals surface area (Å²) >= 11 is 1.58. The second-order valence-electron chi connectivity index (χ2n) is 4.46. The van der Waals surface area contributed by atoms with Crippen molar-refractivity contribution in [1.82, 2.24) is 0 Å². The van der Waals surface area contributed by atoms with Gasteiger partial charge in [0.1, 0.15) is 5.00 Å². The van der Waals surface area contributed by atoms with Crippen molar-refractivity contribution >= 4 is 27.9 Å². The molecule has 2 N–H and O–H groups in total. The zero-order valence-corrected chi connectivity index (χ0v) is 10.6. The highest BCUT2D eigenvalue weighted by atomic mass is 32.1. The molecular weight excluding hydrogens is 220 g/mol. The fourth-order valence-electron chi connectivity index (χ4n) is 2.35. The third kappa shape index (κ3) is 1.94. The summed E-state index contributed by atoms with van der Waals surface area (Å²) in [7, 11) is 0. The molecule has 1 aliphatic carbocycles. The van der Waals surface area contributed by atoms with Crippen molar-refractivity contribution in [3.8, 4) is 0 Å². The summed E-state index contributed by atoms with van der Waals surface area (Å²) in [4.78, 5) is 13.7. The van der Waals surface area contributed by atoms with Gasteiger partial charge in [0.05, 0.1) is 5.69 Å². The van der Waals surface area contributed by atoms with E-state index in [1.807, 2.05) is 17.2 Å². The number of carbonyl (C=O) groups excluding carboxylic acids is 1. The monoisotopic (exact) mass is 238 g/mol. The Labute approximate surface area is 100 Å².